The van der Waals surface area contributed by atoms with Gasteiger partial charge in [0.05, 0.1) is 35.8 Å². The lowest BCUT2D eigenvalue weighted by atomic mass is 10.1. The molecule has 0 aliphatic heterocycles. The van der Waals surface area contributed by atoms with E-state index in [1.54, 1.807) is 24.3 Å². The second-order valence-electron chi connectivity index (χ2n) is 7.21. The van der Waals surface area contributed by atoms with Gasteiger partial charge in [0.1, 0.15) is 11.6 Å². The van der Waals surface area contributed by atoms with Crippen LogP contribution in [-0.2, 0) is 12.7 Å². The van der Waals surface area contributed by atoms with Gasteiger partial charge in [-0.25, -0.2) is 9.37 Å². The summed E-state index contributed by atoms with van der Waals surface area (Å²) < 4.78 is 61.7. The van der Waals surface area contributed by atoms with Crippen LogP contribution in [0.15, 0.2) is 60.7 Å². The number of benzene rings is 3. The monoisotopic (exact) mass is 458 g/mol. The fourth-order valence-corrected chi connectivity index (χ4v) is 3.50. The number of primary amides is 1. The van der Waals surface area contributed by atoms with Crippen molar-refractivity contribution in [1.29, 1.82) is 0 Å². The van der Waals surface area contributed by atoms with Crippen molar-refractivity contribution in [2.75, 3.05) is 12.4 Å². The number of rotatable bonds is 6. The van der Waals surface area contributed by atoms with Crippen LogP contribution >= 0.6 is 0 Å². The maximum atomic E-state index is 14.5. The lowest BCUT2D eigenvalue weighted by molar-refractivity contribution is -0.138. The molecular formula is C23H18F4N4O2. The van der Waals surface area contributed by atoms with Crippen LogP contribution in [0.25, 0.3) is 11.0 Å². The van der Waals surface area contributed by atoms with Crippen LogP contribution in [0.4, 0.5) is 29.2 Å². The highest BCUT2D eigenvalue weighted by Gasteiger charge is 2.33. The second-order valence-corrected chi connectivity index (χ2v) is 7.21. The molecule has 3 N–H and O–H groups in total. The number of methoxy groups -OCH3 is 1. The number of nitrogens with zero attached hydrogens (tertiary/aromatic N) is 2. The highest BCUT2D eigenvalue weighted by atomic mass is 19.4. The van der Waals surface area contributed by atoms with E-state index in [9.17, 15) is 22.4 Å². The van der Waals surface area contributed by atoms with E-state index in [1.807, 2.05) is 0 Å². The van der Waals surface area contributed by atoms with Crippen molar-refractivity contribution in [3.63, 3.8) is 0 Å². The van der Waals surface area contributed by atoms with Gasteiger partial charge in [-0.05, 0) is 42.0 Å². The van der Waals surface area contributed by atoms with Gasteiger partial charge >= 0.3 is 6.18 Å². The molecule has 4 aromatic rings. The summed E-state index contributed by atoms with van der Waals surface area (Å²) >= 11 is 0. The number of carbonyl (C=O) groups is 1. The summed E-state index contributed by atoms with van der Waals surface area (Å²) in [5.74, 6) is -1.10. The largest absolute Gasteiger partial charge is 0.497 e. The zero-order valence-corrected chi connectivity index (χ0v) is 17.3. The smallest absolute Gasteiger partial charge is 0.416 e. The number of imidazole rings is 1. The van der Waals surface area contributed by atoms with Gasteiger partial charge < -0.3 is 20.4 Å². The van der Waals surface area contributed by atoms with Gasteiger partial charge in [-0.1, -0.05) is 18.2 Å². The Bertz CT molecular complexity index is 1330. The Morgan fingerprint density at radius 3 is 2.45 bits per heavy atom. The first kappa shape index (κ1) is 22.1. The van der Waals surface area contributed by atoms with Crippen molar-refractivity contribution in [3.05, 3.63) is 83.2 Å². The fraction of sp³-hybridized carbons (Fsp3) is 0.130. The Kier molecular flexibility index (Phi) is 5.67. The first-order chi connectivity index (χ1) is 15.7. The number of ether oxygens (including phenoxy) is 1. The van der Waals surface area contributed by atoms with Gasteiger partial charge in [-0.15, -0.1) is 0 Å². The summed E-state index contributed by atoms with van der Waals surface area (Å²) in [6.07, 6.45) is -4.57. The van der Waals surface area contributed by atoms with Gasteiger partial charge in [0, 0.05) is 11.8 Å². The van der Waals surface area contributed by atoms with E-state index >= 15 is 0 Å². The van der Waals surface area contributed by atoms with E-state index in [4.69, 9.17) is 10.5 Å². The molecule has 1 amide bonds. The zero-order chi connectivity index (χ0) is 23.8. The second kappa shape index (κ2) is 8.45. The number of nitrogens with two attached hydrogens (primary N) is 1. The number of nitrogens with one attached hydrogen (secondary N) is 1. The van der Waals surface area contributed by atoms with Crippen LogP contribution < -0.4 is 15.8 Å². The minimum Gasteiger partial charge on any atom is -0.497 e. The maximum absolute atomic E-state index is 14.5. The highest BCUT2D eigenvalue weighted by molar-refractivity contribution is 5.97. The summed E-state index contributed by atoms with van der Waals surface area (Å²) in [7, 11) is 1.52. The molecule has 3 aromatic carbocycles. The van der Waals surface area contributed by atoms with Crippen molar-refractivity contribution >= 4 is 28.6 Å². The Hall–Kier alpha value is -4.08. The molecule has 0 fully saturated rings. The van der Waals surface area contributed by atoms with E-state index in [2.05, 4.69) is 10.3 Å². The first-order valence-electron chi connectivity index (χ1n) is 9.73. The van der Waals surface area contributed by atoms with Crippen LogP contribution in [0.1, 0.15) is 21.5 Å². The SMILES string of the molecule is COc1ccc(Nc2nc3cc(C(N)=O)c(F)cc3n2Cc2ccccc2C(F)(F)F)cc1. The average molecular weight is 458 g/mol. The van der Waals surface area contributed by atoms with Gasteiger partial charge in [0.25, 0.3) is 5.91 Å². The zero-order valence-electron chi connectivity index (χ0n) is 17.3. The third-order valence-corrected chi connectivity index (χ3v) is 5.10. The van der Waals surface area contributed by atoms with Crippen LogP contribution in [0.3, 0.4) is 0 Å². The molecule has 1 heterocycles. The molecule has 33 heavy (non-hydrogen) atoms. The number of anilines is 2. The molecule has 0 spiro atoms. The van der Waals surface area contributed by atoms with E-state index in [-0.39, 0.29) is 34.7 Å². The maximum Gasteiger partial charge on any atom is 0.416 e. The van der Waals surface area contributed by atoms with E-state index in [0.717, 1.165) is 12.1 Å². The Morgan fingerprint density at radius 2 is 1.82 bits per heavy atom. The van der Waals surface area contributed by atoms with Crippen molar-refractivity contribution in [3.8, 4) is 5.75 Å². The Morgan fingerprint density at radius 1 is 1.12 bits per heavy atom. The molecule has 0 aliphatic rings. The number of aromatic nitrogens is 2. The summed E-state index contributed by atoms with van der Waals surface area (Å²) in [6.45, 7) is -0.250. The average Bonchev–Trinajstić information content (AvgIpc) is 3.09. The van der Waals surface area contributed by atoms with Gasteiger partial charge in [0.15, 0.2) is 0 Å². The molecule has 0 saturated heterocycles. The fourth-order valence-electron chi connectivity index (χ4n) is 3.50. The number of alkyl halides is 3. The third-order valence-electron chi connectivity index (χ3n) is 5.10. The molecule has 0 radical (unpaired) electrons. The minimum atomic E-state index is -4.57. The Labute approximate surface area is 185 Å². The summed E-state index contributed by atoms with van der Waals surface area (Å²) in [5.41, 5.74) is 5.00. The first-order valence-corrected chi connectivity index (χ1v) is 9.73. The van der Waals surface area contributed by atoms with Crippen LogP contribution in [0.5, 0.6) is 5.75 Å². The Balaban J connectivity index is 1.86. The molecular weight excluding hydrogens is 440 g/mol. The lowest BCUT2D eigenvalue weighted by Gasteiger charge is -2.16. The van der Waals surface area contributed by atoms with Crippen molar-refractivity contribution in [2.45, 2.75) is 12.7 Å². The van der Waals surface area contributed by atoms with Gasteiger partial charge in [0.2, 0.25) is 5.95 Å². The van der Waals surface area contributed by atoms with Crippen molar-refractivity contribution in [2.24, 2.45) is 5.73 Å². The molecule has 1 aromatic heterocycles. The van der Waals surface area contributed by atoms with E-state index in [0.29, 0.717) is 11.4 Å². The summed E-state index contributed by atoms with van der Waals surface area (Å²) in [5, 5.41) is 3.04. The molecule has 4 rings (SSSR count). The molecule has 170 valence electrons. The predicted molar refractivity (Wildman–Crippen MR) is 115 cm³/mol. The molecule has 0 bridgehead atoms. The highest BCUT2D eigenvalue weighted by Crippen LogP contribution is 2.34. The minimum absolute atomic E-state index is 0.0264. The van der Waals surface area contributed by atoms with Crippen LogP contribution in [0, 0.1) is 5.82 Å². The molecule has 10 heteroatoms. The van der Waals surface area contributed by atoms with E-state index in [1.165, 1.54) is 35.9 Å². The van der Waals surface area contributed by atoms with Gasteiger partial charge in [-0.2, -0.15) is 13.2 Å². The number of halogens is 4. The van der Waals surface area contributed by atoms with Crippen molar-refractivity contribution in [1.82, 2.24) is 9.55 Å². The molecule has 0 unspecified atom stereocenters. The summed E-state index contributed by atoms with van der Waals surface area (Å²) in [6, 6.07) is 14.1. The number of fused-ring (bicyclic) bond motifs is 1. The van der Waals surface area contributed by atoms with E-state index < -0.39 is 23.5 Å². The quantitative estimate of drug-likeness (QED) is 0.394. The molecule has 6 nitrogen and oxygen atoms in total. The van der Waals surface area contributed by atoms with Crippen LogP contribution in [-0.4, -0.2) is 22.6 Å². The standard InChI is InChI=1S/C23H18F4N4O2/c1-33-15-8-6-14(7-9-15)29-22-30-19-10-16(21(28)32)18(24)11-20(19)31(22)12-13-4-2-3-5-17(13)23(25,26)27/h2-11H,12H2,1H3,(H2,28,32)(H,29,30). The predicted octanol–water partition coefficient (Wildman–Crippen LogP) is 5.09. The molecule has 0 aliphatic carbocycles. The summed E-state index contributed by atoms with van der Waals surface area (Å²) in [4.78, 5) is 15.9. The number of carbonyl (C=O) groups excluding carboxylic acids is 1. The van der Waals surface area contributed by atoms with Crippen molar-refractivity contribution < 1.29 is 27.1 Å². The van der Waals surface area contributed by atoms with Gasteiger partial charge in [-0.3, -0.25) is 4.79 Å². The lowest BCUT2D eigenvalue weighted by Crippen LogP contribution is -2.14. The third kappa shape index (κ3) is 4.45. The topological polar surface area (TPSA) is 82.2 Å². The molecule has 0 atom stereocenters. The molecule has 0 saturated carbocycles. The number of hydrogen-bond donors (Lipinski definition) is 2. The van der Waals surface area contributed by atoms with Crippen LogP contribution in [0.2, 0.25) is 0 Å². The normalized spacial score (nSPS) is 11.5. The number of hydrogen-bond acceptors (Lipinski definition) is 4. The number of amides is 1.